The summed E-state index contributed by atoms with van der Waals surface area (Å²) in [5.74, 6) is -0.248. The van der Waals surface area contributed by atoms with E-state index >= 15 is 0 Å². The number of hydrogen-bond acceptors (Lipinski definition) is 3. The molecule has 1 aliphatic rings. The molecule has 0 saturated heterocycles. The van der Waals surface area contributed by atoms with Crippen molar-refractivity contribution >= 4 is 28.8 Å². The Hall–Kier alpha value is -2.14. The molecule has 1 N–H and O–H groups in total. The summed E-state index contributed by atoms with van der Waals surface area (Å²) < 4.78 is 0. The van der Waals surface area contributed by atoms with Crippen molar-refractivity contribution in [2.45, 2.75) is 40.0 Å². The zero-order valence-electron chi connectivity index (χ0n) is 15.2. The van der Waals surface area contributed by atoms with Gasteiger partial charge in [-0.15, -0.1) is 11.3 Å². The van der Waals surface area contributed by atoms with Gasteiger partial charge in [0, 0.05) is 17.6 Å². The highest BCUT2D eigenvalue weighted by molar-refractivity contribution is 7.14. The summed E-state index contributed by atoms with van der Waals surface area (Å²) in [5.41, 5.74) is 5.39. The fraction of sp³-hybridized carbons (Fsp3) is 0.400. The van der Waals surface area contributed by atoms with E-state index in [1.165, 1.54) is 27.3 Å². The van der Waals surface area contributed by atoms with E-state index in [2.05, 4.69) is 5.32 Å². The number of benzene rings is 1. The first-order valence-electron chi connectivity index (χ1n) is 8.60. The van der Waals surface area contributed by atoms with Gasteiger partial charge in [0.05, 0.1) is 11.4 Å². The van der Waals surface area contributed by atoms with Gasteiger partial charge in [-0.2, -0.15) is 0 Å². The zero-order valence-corrected chi connectivity index (χ0v) is 16.0. The second-order valence-corrected chi connectivity index (χ2v) is 8.03. The topological polar surface area (TPSA) is 49.4 Å². The van der Waals surface area contributed by atoms with Crippen LogP contribution in [-0.4, -0.2) is 30.3 Å². The van der Waals surface area contributed by atoms with Crippen LogP contribution in [0.15, 0.2) is 18.2 Å². The number of fused-ring (bicyclic) bond motifs is 1. The number of nitrogens with one attached hydrogen (secondary N) is 1. The van der Waals surface area contributed by atoms with Crippen molar-refractivity contribution in [1.29, 1.82) is 0 Å². The van der Waals surface area contributed by atoms with E-state index in [0.717, 1.165) is 34.5 Å². The fourth-order valence-electron chi connectivity index (χ4n) is 3.47. The van der Waals surface area contributed by atoms with Crippen LogP contribution >= 0.6 is 11.3 Å². The number of carbonyl (C=O) groups excluding carboxylic acids is 2. The van der Waals surface area contributed by atoms with Gasteiger partial charge >= 0.3 is 0 Å². The van der Waals surface area contributed by atoms with Gasteiger partial charge in [-0.25, -0.2) is 0 Å². The van der Waals surface area contributed by atoms with Crippen molar-refractivity contribution in [3.8, 4) is 0 Å². The largest absolute Gasteiger partial charge is 0.332 e. The third kappa shape index (κ3) is 3.76. The average molecular weight is 356 g/mol. The highest BCUT2D eigenvalue weighted by Gasteiger charge is 2.22. The Labute approximate surface area is 152 Å². The van der Waals surface area contributed by atoms with E-state index in [1.807, 2.05) is 39.0 Å². The van der Waals surface area contributed by atoms with Gasteiger partial charge in [-0.1, -0.05) is 17.7 Å². The van der Waals surface area contributed by atoms with Crippen molar-refractivity contribution in [1.82, 2.24) is 4.90 Å². The fourth-order valence-corrected chi connectivity index (χ4v) is 4.71. The van der Waals surface area contributed by atoms with Crippen molar-refractivity contribution in [2.75, 3.05) is 18.9 Å². The third-order valence-electron chi connectivity index (χ3n) is 4.63. The molecule has 1 heterocycles. The van der Waals surface area contributed by atoms with Crippen LogP contribution in [0.25, 0.3) is 0 Å². The second kappa shape index (κ2) is 7.00. The molecule has 4 nitrogen and oxygen atoms in total. The number of anilines is 1. The average Bonchev–Trinajstić information content (AvgIpc) is 3.11. The summed E-state index contributed by atoms with van der Waals surface area (Å²) in [5, 5.41) is 2.95. The van der Waals surface area contributed by atoms with Gasteiger partial charge < -0.3 is 10.2 Å². The first-order valence-corrected chi connectivity index (χ1v) is 9.41. The lowest BCUT2D eigenvalue weighted by Gasteiger charge is -2.18. The Morgan fingerprint density at radius 2 is 1.80 bits per heavy atom. The molecule has 0 bridgehead atoms. The van der Waals surface area contributed by atoms with Crippen molar-refractivity contribution in [3.05, 3.63) is 50.2 Å². The molecule has 5 heteroatoms. The van der Waals surface area contributed by atoms with Crippen LogP contribution in [-0.2, 0) is 17.6 Å². The summed E-state index contributed by atoms with van der Waals surface area (Å²) in [6, 6.07) is 6.09. The number of nitrogens with zero attached hydrogens (tertiary/aromatic N) is 1. The first-order chi connectivity index (χ1) is 11.8. The van der Waals surface area contributed by atoms with Gasteiger partial charge in [0.1, 0.15) is 0 Å². The van der Waals surface area contributed by atoms with E-state index in [-0.39, 0.29) is 18.4 Å². The Morgan fingerprint density at radius 3 is 2.44 bits per heavy atom. The lowest BCUT2D eigenvalue weighted by atomic mass is 10.1. The second-order valence-electron chi connectivity index (χ2n) is 6.90. The minimum atomic E-state index is -0.171. The minimum absolute atomic E-state index is 0.0498. The van der Waals surface area contributed by atoms with Crippen molar-refractivity contribution in [2.24, 2.45) is 0 Å². The summed E-state index contributed by atoms with van der Waals surface area (Å²) in [6.07, 6.45) is 3.32. The van der Waals surface area contributed by atoms with Gasteiger partial charge in [0.25, 0.3) is 5.91 Å². The summed E-state index contributed by atoms with van der Waals surface area (Å²) in [6.45, 7) is 6.06. The zero-order chi connectivity index (χ0) is 18.1. The maximum absolute atomic E-state index is 12.6. The van der Waals surface area contributed by atoms with Gasteiger partial charge in [0.2, 0.25) is 5.91 Å². The lowest BCUT2D eigenvalue weighted by Crippen LogP contribution is -2.34. The van der Waals surface area contributed by atoms with Crippen LogP contribution in [0.5, 0.6) is 0 Å². The van der Waals surface area contributed by atoms with Crippen LogP contribution < -0.4 is 5.32 Å². The number of hydrogen-bond donors (Lipinski definition) is 1. The molecule has 1 aliphatic carbocycles. The standard InChI is InChI=1S/C20H24N2O2S/c1-12-8-13(2)19(14(3)9-12)21-18(23)11-22(4)20(24)17-10-15-6-5-7-16(15)25-17/h8-10H,5-7,11H2,1-4H3,(H,21,23). The highest BCUT2D eigenvalue weighted by Crippen LogP contribution is 2.31. The molecule has 0 spiro atoms. The minimum Gasteiger partial charge on any atom is -0.332 e. The molecule has 2 amide bonds. The molecule has 1 aromatic carbocycles. The first kappa shape index (κ1) is 17.7. The third-order valence-corrected chi connectivity index (χ3v) is 5.85. The molecular formula is C20H24N2O2S. The lowest BCUT2D eigenvalue weighted by molar-refractivity contribution is -0.116. The van der Waals surface area contributed by atoms with Crippen LogP contribution in [0, 0.1) is 20.8 Å². The van der Waals surface area contributed by atoms with E-state index < -0.39 is 0 Å². The Balaban J connectivity index is 1.65. The molecule has 2 aromatic rings. The van der Waals surface area contributed by atoms with Crippen LogP contribution in [0.4, 0.5) is 5.69 Å². The van der Waals surface area contributed by atoms with Gasteiger partial charge in [0.15, 0.2) is 0 Å². The summed E-state index contributed by atoms with van der Waals surface area (Å²) in [7, 11) is 1.68. The molecule has 0 aliphatic heterocycles. The monoisotopic (exact) mass is 356 g/mol. The number of likely N-dealkylation sites (N-methyl/N-ethyl adjacent to an activating group) is 1. The molecule has 0 atom stereocenters. The highest BCUT2D eigenvalue weighted by atomic mass is 32.1. The summed E-state index contributed by atoms with van der Waals surface area (Å²) >= 11 is 1.57. The van der Waals surface area contributed by atoms with Gasteiger partial charge in [-0.05, 0) is 62.8 Å². The Bertz CT molecular complexity index is 794. The van der Waals surface area contributed by atoms with E-state index in [4.69, 9.17) is 0 Å². The maximum atomic E-state index is 12.6. The number of aryl methyl sites for hydroxylation is 5. The number of carbonyl (C=O) groups is 2. The smallest absolute Gasteiger partial charge is 0.264 e. The summed E-state index contributed by atoms with van der Waals surface area (Å²) in [4.78, 5) is 28.5. The van der Waals surface area contributed by atoms with Crippen molar-refractivity contribution < 1.29 is 9.59 Å². The molecule has 0 radical (unpaired) electrons. The molecule has 25 heavy (non-hydrogen) atoms. The predicted octanol–water partition coefficient (Wildman–Crippen LogP) is 3.87. The number of rotatable bonds is 4. The van der Waals surface area contributed by atoms with Crippen molar-refractivity contribution in [3.63, 3.8) is 0 Å². The van der Waals surface area contributed by atoms with Gasteiger partial charge in [-0.3, -0.25) is 9.59 Å². The maximum Gasteiger partial charge on any atom is 0.264 e. The van der Waals surface area contributed by atoms with E-state index in [1.54, 1.807) is 18.4 Å². The molecule has 1 aromatic heterocycles. The predicted molar refractivity (Wildman–Crippen MR) is 103 cm³/mol. The van der Waals surface area contributed by atoms with Crippen LogP contribution in [0.1, 0.15) is 43.2 Å². The van der Waals surface area contributed by atoms with E-state index in [0.29, 0.717) is 0 Å². The van der Waals surface area contributed by atoms with Crippen LogP contribution in [0.3, 0.4) is 0 Å². The quantitative estimate of drug-likeness (QED) is 0.904. The molecule has 3 rings (SSSR count). The Morgan fingerprint density at radius 1 is 1.12 bits per heavy atom. The van der Waals surface area contributed by atoms with Crippen LogP contribution in [0.2, 0.25) is 0 Å². The van der Waals surface area contributed by atoms with E-state index in [9.17, 15) is 9.59 Å². The number of thiophene rings is 1. The molecule has 0 fully saturated rings. The molecule has 132 valence electrons. The molecule has 0 unspecified atom stereocenters. The number of amides is 2. The SMILES string of the molecule is Cc1cc(C)c(NC(=O)CN(C)C(=O)c2cc3c(s2)CCC3)c(C)c1. The molecular weight excluding hydrogens is 332 g/mol. The normalized spacial score (nSPS) is 12.8. The molecule has 0 saturated carbocycles. The Kier molecular flexibility index (Phi) is 4.95.